The standard InChI is InChI=1S/C34H56N8O11/c1-18(28(47)51-32(3,4)5)37-26(45)20(38-30(48)52-33(6,7)8)14-15-22(43)50-19(2)24(44)21-16-35-25-23(42(21)31(49)53-34(9,10)11)27(46)40-29(39-25)36-17-41(12)13/h17-21,24,44H,14-16H2,1-13H3,(H,37,45)(H,38,48)(H2,35,39,40,46)/b36-17+. The van der Waals surface area contributed by atoms with Crippen molar-refractivity contribution in [2.24, 2.45) is 4.99 Å². The van der Waals surface area contributed by atoms with E-state index >= 15 is 0 Å². The SMILES string of the molecule is CC(NC(=O)C(CCC(=O)OC(C)C(O)C1CNc2[nH]c(/N=C/N(C)C)nc(=O)c2N1C(=O)OC(C)(C)C)NC(=O)OC(C)(C)C)C(=O)OC(C)(C)C. The number of carbonyl (C=O) groups is 5. The minimum absolute atomic E-state index is 0.0344. The van der Waals surface area contributed by atoms with Crippen LogP contribution in [0, 0.1) is 0 Å². The Morgan fingerprint density at radius 3 is 2.11 bits per heavy atom. The van der Waals surface area contributed by atoms with Crippen molar-refractivity contribution < 1.29 is 48.0 Å². The number of carbonyl (C=O) groups excluding carboxylic acids is 5. The molecule has 19 nitrogen and oxygen atoms in total. The fourth-order valence-electron chi connectivity index (χ4n) is 4.71. The third-order valence-electron chi connectivity index (χ3n) is 6.90. The highest BCUT2D eigenvalue weighted by Gasteiger charge is 2.43. The molecule has 5 atom stereocenters. The second-order valence-corrected chi connectivity index (χ2v) is 15.8. The van der Waals surface area contributed by atoms with Crippen molar-refractivity contribution in [3.8, 4) is 0 Å². The van der Waals surface area contributed by atoms with Crippen LogP contribution in [0.3, 0.4) is 0 Å². The lowest BCUT2D eigenvalue weighted by Crippen LogP contribution is -2.59. The van der Waals surface area contributed by atoms with Crippen LogP contribution < -0.4 is 26.4 Å². The quantitative estimate of drug-likeness (QED) is 0.0891. The number of alkyl carbamates (subject to hydrolysis) is 1. The first-order valence-corrected chi connectivity index (χ1v) is 17.2. The molecule has 0 radical (unpaired) electrons. The van der Waals surface area contributed by atoms with Gasteiger partial charge in [-0.25, -0.2) is 19.4 Å². The Morgan fingerprint density at radius 1 is 0.981 bits per heavy atom. The van der Waals surface area contributed by atoms with Crippen LogP contribution in [0.5, 0.6) is 0 Å². The summed E-state index contributed by atoms with van der Waals surface area (Å²) in [6, 6.07) is -3.61. The number of fused-ring (bicyclic) bond motifs is 1. The molecule has 0 aromatic carbocycles. The zero-order valence-corrected chi connectivity index (χ0v) is 32.9. The molecule has 1 aromatic rings. The second kappa shape index (κ2) is 17.7. The maximum Gasteiger partial charge on any atom is 0.415 e. The summed E-state index contributed by atoms with van der Waals surface area (Å²) in [5.74, 6) is -2.29. The molecule has 0 aliphatic carbocycles. The number of aliphatic hydroxyl groups excluding tert-OH is 1. The van der Waals surface area contributed by atoms with Crippen LogP contribution in [0.2, 0.25) is 0 Å². The van der Waals surface area contributed by atoms with Gasteiger partial charge >= 0.3 is 29.7 Å². The maximum absolute atomic E-state index is 13.5. The van der Waals surface area contributed by atoms with E-state index in [1.807, 2.05) is 0 Å². The Hall–Kier alpha value is -4.94. The molecule has 5 unspecified atom stereocenters. The fourth-order valence-corrected chi connectivity index (χ4v) is 4.71. The summed E-state index contributed by atoms with van der Waals surface area (Å²) in [6.45, 7) is 17.5. The molecule has 1 aromatic heterocycles. The molecule has 2 heterocycles. The number of rotatable bonds is 12. The van der Waals surface area contributed by atoms with Gasteiger partial charge in [-0.05, 0) is 82.6 Å². The van der Waals surface area contributed by atoms with E-state index in [1.54, 1.807) is 81.3 Å². The Labute approximate surface area is 309 Å². The average molecular weight is 753 g/mol. The summed E-state index contributed by atoms with van der Waals surface area (Å²) in [5.41, 5.74) is -3.77. The number of aliphatic hydroxyl groups is 1. The topological polar surface area (TPSA) is 243 Å². The Kier molecular flexibility index (Phi) is 14.8. The largest absolute Gasteiger partial charge is 0.460 e. The zero-order chi connectivity index (χ0) is 40.6. The number of ether oxygens (including phenoxy) is 4. The van der Waals surface area contributed by atoms with E-state index in [4.69, 9.17) is 18.9 Å². The lowest BCUT2D eigenvalue weighted by atomic mass is 10.0. The predicted molar refractivity (Wildman–Crippen MR) is 195 cm³/mol. The third kappa shape index (κ3) is 14.5. The maximum atomic E-state index is 13.5. The number of hydrogen-bond donors (Lipinski definition) is 5. The van der Waals surface area contributed by atoms with Gasteiger partial charge in [-0.3, -0.25) is 19.3 Å². The van der Waals surface area contributed by atoms with Crippen molar-refractivity contribution in [3.05, 3.63) is 10.4 Å². The lowest BCUT2D eigenvalue weighted by molar-refractivity contribution is -0.158. The average Bonchev–Trinajstić information content (AvgIpc) is 2.98. The predicted octanol–water partition coefficient (Wildman–Crippen LogP) is 2.34. The first-order chi connectivity index (χ1) is 24.2. The van der Waals surface area contributed by atoms with E-state index in [0.29, 0.717) is 0 Å². The highest BCUT2D eigenvalue weighted by molar-refractivity contribution is 5.93. The number of anilines is 2. The van der Waals surface area contributed by atoms with Gasteiger partial charge in [-0.15, -0.1) is 0 Å². The van der Waals surface area contributed by atoms with E-state index in [2.05, 4.69) is 30.9 Å². The van der Waals surface area contributed by atoms with Gasteiger partial charge < -0.3 is 49.9 Å². The van der Waals surface area contributed by atoms with Crippen molar-refractivity contribution in [3.63, 3.8) is 0 Å². The van der Waals surface area contributed by atoms with Crippen molar-refractivity contribution >= 4 is 53.8 Å². The minimum Gasteiger partial charge on any atom is -0.460 e. The van der Waals surface area contributed by atoms with E-state index in [0.717, 1.165) is 4.90 Å². The summed E-state index contributed by atoms with van der Waals surface area (Å²) in [6.07, 6.45) is -3.99. The number of nitrogens with zero attached hydrogens (tertiary/aromatic N) is 4. The number of H-pyrrole nitrogens is 1. The smallest absolute Gasteiger partial charge is 0.415 e. The number of hydrogen-bond acceptors (Lipinski definition) is 14. The summed E-state index contributed by atoms with van der Waals surface area (Å²) in [7, 11) is 3.46. The van der Waals surface area contributed by atoms with Crippen LogP contribution in [0.1, 0.15) is 89.0 Å². The molecule has 19 heteroatoms. The fraction of sp³-hybridized carbons (Fsp3) is 0.706. The van der Waals surface area contributed by atoms with E-state index in [1.165, 1.54) is 20.2 Å². The van der Waals surface area contributed by atoms with Crippen LogP contribution in [-0.4, -0.2) is 124 Å². The van der Waals surface area contributed by atoms with Crippen molar-refractivity contribution in [1.29, 1.82) is 0 Å². The molecular weight excluding hydrogens is 696 g/mol. The van der Waals surface area contributed by atoms with E-state index < -0.39 is 89.1 Å². The molecule has 2 rings (SSSR count). The van der Waals surface area contributed by atoms with Crippen molar-refractivity contribution in [2.45, 2.75) is 136 Å². The summed E-state index contributed by atoms with van der Waals surface area (Å²) >= 11 is 0. The number of aliphatic imine (C=N–C) groups is 1. The minimum atomic E-state index is -1.56. The third-order valence-corrected chi connectivity index (χ3v) is 6.90. The summed E-state index contributed by atoms with van der Waals surface area (Å²) < 4.78 is 21.6. The van der Waals surface area contributed by atoms with E-state index in [9.17, 15) is 33.9 Å². The molecule has 0 saturated carbocycles. The first kappa shape index (κ1) is 44.2. The Morgan fingerprint density at radius 2 is 1.57 bits per heavy atom. The normalized spacial score (nSPS) is 16.9. The van der Waals surface area contributed by atoms with Crippen LogP contribution in [0.15, 0.2) is 9.79 Å². The monoisotopic (exact) mass is 752 g/mol. The molecule has 0 fully saturated rings. The molecule has 3 amide bonds. The van der Waals surface area contributed by atoms with Gasteiger partial charge in [-0.1, -0.05) is 0 Å². The zero-order valence-electron chi connectivity index (χ0n) is 32.9. The van der Waals surface area contributed by atoms with Gasteiger partial charge in [0.2, 0.25) is 11.9 Å². The molecular formula is C34H56N8O11. The van der Waals surface area contributed by atoms with Crippen LogP contribution in [0.25, 0.3) is 0 Å². The van der Waals surface area contributed by atoms with Crippen LogP contribution in [-0.2, 0) is 33.3 Å². The Bertz CT molecular complexity index is 1570. The number of aromatic nitrogens is 2. The van der Waals surface area contributed by atoms with Gasteiger partial charge in [0, 0.05) is 27.1 Å². The Balaban J connectivity index is 2.27. The molecule has 1 aliphatic heterocycles. The van der Waals surface area contributed by atoms with Gasteiger partial charge in [0.1, 0.15) is 46.9 Å². The van der Waals surface area contributed by atoms with Crippen molar-refractivity contribution in [1.82, 2.24) is 25.5 Å². The van der Waals surface area contributed by atoms with Gasteiger partial charge in [0.15, 0.2) is 5.69 Å². The van der Waals surface area contributed by atoms with Crippen LogP contribution in [0.4, 0.5) is 27.0 Å². The number of nitrogens with one attached hydrogen (secondary N) is 4. The number of amides is 3. The highest BCUT2D eigenvalue weighted by atomic mass is 16.6. The van der Waals surface area contributed by atoms with Crippen molar-refractivity contribution in [2.75, 3.05) is 30.9 Å². The second-order valence-electron chi connectivity index (χ2n) is 15.8. The highest BCUT2D eigenvalue weighted by Crippen LogP contribution is 2.31. The lowest BCUT2D eigenvalue weighted by Gasteiger charge is -2.40. The molecule has 0 saturated heterocycles. The molecule has 298 valence electrons. The molecule has 1 aliphatic rings. The summed E-state index contributed by atoms with van der Waals surface area (Å²) in [4.78, 5) is 91.6. The molecule has 53 heavy (non-hydrogen) atoms. The first-order valence-electron chi connectivity index (χ1n) is 17.2. The molecule has 5 N–H and O–H groups in total. The van der Waals surface area contributed by atoms with Gasteiger partial charge in [0.25, 0.3) is 0 Å². The number of aromatic amines is 1. The summed E-state index contributed by atoms with van der Waals surface area (Å²) in [5, 5.41) is 19.3. The van der Waals surface area contributed by atoms with Gasteiger partial charge in [-0.2, -0.15) is 4.98 Å². The van der Waals surface area contributed by atoms with Gasteiger partial charge in [0.05, 0.1) is 12.4 Å². The number of esters is 2. The van der Waals surface area contributed by atoms with Crippen LogP contribution >= 0.6 is 0 Å². The molecule has 0 bridgehead atoms. The van der Waals surface area contributed by atoms with E-state index in [-0.39, 0.29) is 30.4 Å². The molecule has 0 spiro atoms.